The van der Waals surface area contributed by atoms with Gasteiger partial charge in [0.1, 0.15) is 5.75 Å². The Labute approximate surface area is 124 Å². The van der Waals surface area contributed by atoms with Gasteiger partial charge in [0.05, 0.1) is 12.3 Å². The quantitative estimate of drug-likeness (QED) is 0.936. The molecule has 0 bridgehead atoms. The van der Waals surface area contributed by atoms with Gasteiger partial charge in [-0.15, -0.1) is 0 Å². The number of pyridine rings is 1. The molecule has 3 rings (SSSR count). The summed E-state index contributed by atoms with van der Waals surface area (Å²) >= 11 is 0. The third-order valence-corrected chi connectivity index (χ3v) is 3.95. The first kappa shape index (κ1) is 13.9. The summed E-state index contributed by atoms with van der Waals surface area (Å²) in [6, 6.07) is 9.67. The third-order valence-electron chi connectivity index (χ3n) is 3.95. The number of fused-ring (bicyclic) bond motifs is 1. The SMILES string of the molecule is CCOc1ccccc1-n1c2c(cc(CN)c1=O)CCC2. The van der Waals surface area contributed by atoms with Gasteiger partial charge in [0.25, 0.3) is 5.56 Å². The molecule has 0 atom stereocenters. The first-order chi connectivity index (χ1) is 10.3. The van der Waals surface area contributed by atoms with Crippen LogP contribution in [0.15, 0.2) is 35.1 Å². The van der Waals surface area contributed by atoms with Gasteiger partial charge >= 0.3 is 0 Å². The number of hydrogen-bond acceptors (Lipinski definition) is 3. The van der Waals surface area contributed by atoms with E-state index in [2.05, 4.69) is 0 Å². The van der Waals surface area contributed by atoms with Gasteiger partial charge in [-0.2, -0.15) is 0 Å². The number of nitrogens with two attached hydrogens (primary N) is 1. The smallest absolute Gasteiger partial charge is 0.259 e. The zero-order chi connectivity index (χ0) is 14.8. The predicted molar refractivity (Wildman–Crippen MR) is 83.1 cm³/mol. The van der Waals surface area contributed by atoms with E-state index in [1.54, 1.807) is 4.57 Å². The Morgan fingerprint density at radius 3 is 2.86 bits per heavy atom. The standard InChI is InChI=1S/C17H20N2O2/c1-2-21-16-9-4-3-7-15(16)19-14-8-5-6-12(14)10-13(11-18)17(19)20/h3-4,7,9-10H,2,5-6,8,11,18H2,1H3. The minimum absolute atomic E-state index is 0.0229. The molecule has 21 heavy (non-hydrogen) atoms. The van der Waals surface area contributed by atoms with E-state index in [0.717, 1.165) is 36.4 Å². The third kappa shape index (κ3) is 2.36. The van der Waals surface area contributed by atoms with Gasteiger partial charge in [-0.05, 0) is 49.9 Å². The number of rotatable bonds is 4. The summed E-state index contributed by atoms with van der Waals surface area (Å²) in [6.07, 6.45) is 3.02. The van der Waals surface area contributed by atoms with E-state index in [-0.39, 0.29) is 12.1 Å². The molecule has 0 saturated carbocycles. The second-order valence-electron chi connectivity index (χ2n) is 5.24. The number of ether oxygens (including phenoxy) is 1. The molecule has 110 valence electrons. The first-order valence-electron chi connectivity index (χ1n) is 7.45. The maximum Gasteiger partial charge on any atom is 0.259 e. The summed E-state index contributed by atoms with van der Waals surface area (Å²) in [4.78, 5) is 12.7. The van der Waals surface area contributed by atoms with Crippen molar-refractivity contribution in [3.8, 4) is 11.4 Å². The predicted octanol–water partition coefficient (Wildman–Crippen LogP) is 2.18. The van der Waals surface area contributed by atoms with Crippen molar-refractivity contribution in [2.45, 2.75) is 32.7 Å². The van der Waals surface area contributed by atoms with E-state index >= 15 is 0 Å². The van der Waals surface area contributed by atoms with Crippen molar-refractivity contribution in [1.82, 2.24) is 4.57 Å². The molecule has 0 aliphatic heterocycles. The van der Waals surface area contributed by atoms with Crippen LogP contribution in [-0.4, -0.2) is 11.2 Å². The zero-order valence-corrected chi connectivity index (χ0v) is 12.3. The molecule has 1 aromatic heterocycles. The maximum absolute atomic E-state index is 12.7. The molecule has 0 saturated heterocycles. The van der Waals surface area contributed by atoms with Gasteiger partial charge in [0, 0.05) is 17.8 Å². The van der Waals surface area contributed by atoms with Crippen molar-refractivity contribution in [2.75, 3.05) is 6.61 Å². The number of nitrogens with zero attached hydrogens (tertiary/aromatic N) is 1. The number of aromatic nitrogens is 1. The molecule has 1 aromatic carbocycles. The minimum atomic E-state index is -0.0229. The summed E-state index contributed by atoms with van der Waals surface area (Å²) in [5.74, 6) is 0.741. The van der Waals surface area contributed by atoms with Crippen LogP contribution in [0.2, 0.25) is 0 Å². The first-order valence-corrected chi connectivity index (χ1v) is 7.45. The lowest BCUT2D eigenvalue weighted by Gasteiger charge is -2.17. The van der Waals surface area contributed by atoms with E-state index in [0.29, 0.717) is 12.2 Å². The molecule has 0 radical (unpaired) electrons. The van der Waals surface area contributed by atoms with Crippen LogP contribution in [0.4, 0.5) is 0 Å². The Morgan fingerprint density at radius 2 is 2.10 bits per heavy atom. The molecule has 1 heterocycles. The monoisotopic (exact) mass is 284 g/mol. The van der Waals surface area contributed by atoms with Gasteiger partial charge in [0.15, 0.2) is 0 Å². The lowest BCUT2D eigenvalue weighted by Crippen LogP contribution is -2.27. The fraction of sp³-hybridized carbons (Fsp3) is 0.353. The molecule has 4 heteroatoms. The Bertz CT molecular complexity index is 719. The van der Waals surface area contributed by atoms with E-state index in [9.17, 15) is 4.79 Å². The van der Waals surface area contributed by atoms with Crippen LogP contribution in [0.5, 0.6) is 5.75 Å². The lowest BCUT2D eigenvalue weighted by atomic mass is 10.1. The van der Waals surface area contributed by atoms with Crippen LogP contribution in [0.3, 0.4) is 0 Å². The highest BCUT2D eigenvalue weighted by Gasteiger charge is 2.21. The summed E-state index contributed by atoms with van der Waals surface area (Å²) in [6.45, 7) is 2.79. The number of para-hydroxylation sites is 2. The molecular formula is C17H20N2O2. The van der Waals surface area contributed by atoms with Crippen LogP contribution < -0.4 is 16.0 Å². The second kappa shape index (κ2) is 5.74. The molecule has 1 aliphatic rings. The van der Waals surface area contributed by atoms with Crippen molar-refractivity contribution in [1.29, 1.82) is 0 Å². The Hall–Kier alpha value is -2.07. The maximum atomic E-state index is 12.7. The van der Waals surface area contributed by atoms with Crippen molar-refractivity contribution in [3.63, 3.8) is 0 Å². The average Bonchev–Trinajstić information content (AvgIpc) is 2.96. The summed E-state index contributed by atoms with van der Waals surface area (Å²) in [5, 5.41) is 0. The Kier molecular flexibility index (Phi) is 3.80. The molecule has 1 aliphatic carbocycles. The van der Waals surface area contributed by atoms with E-state index < -0.39 is 0 Å². The molecule has 0 amide bonds. The summed E-state index contributed by atoms with van der Waals surface area (Å²) in [5.41, 5.74) is 9.55. The zero-order valence-electron chi connectivity index (χ0n) is 12.3. The van der Waals surface area contributed by atoms with Crippen LogP contribution in [0.1, 0.15) is 30.2 Å². The lowest BCUT2D eigenvalue weighted by molar-refractivity contribution is 0.338. The fourth-order valence-corrected chi connectivity index (χ4v) is 3.02. The van der Waals surface area contributed by atoms with Crippen molar-refractivity contribution in [3.05, 3.63) is 57.5 Å². The molecule has 0 spiro atoms. The van der Waals surface area contributed by atoms with Gasteiger partial charge in [-0.1, -0.05) is 12.1 Å². The van der Waals surface area contributed by atoms with Crippen LogP contribution >= 0.6 is 0 Å². The molecule has 2 aromatic rings. The van der Waals surface area contributed by atoms with Crippen molar-refractivity contribution < 1.29 is 4.74 Å². The normalized spacial score (nSPS) is 13.2. The van der Waals surface area contributed by atoms with E-state index in [4.69, 9.17) is 10.5 Å². The van der Waals surface area contributed by atoms with Gasteiger partial charge in [0.2, 0.25) is 0 Å². The minimum Gasteiger partial charge on any atom is -0.492 e. The van der Waals surface area contributed by atoms with Gasteiger partial charge in [-0.25, -0.2) is 0 Å². The highest BCUT2D eigenvalue weighted by molar-refractivity contribution is 5.50. The van der Waals surface area contributed by atoms with Gasteiger partial charge < -0.3 is 10.5 Å². The summed E-state index contributed by atoms with van der Waals surface area (Å²) < 4.78 is 7.49. The second-order valence-corrected chi connectivity index (χ2v) is 5.24. The van der Waals surface area contributed by atoms with Gasteiger partial charge in [-0.3, -0.25) is 9.36 Å². The van der Waals surface area contributed by atoms with E-state index in [1.165, 1.54) is 5.56 Å². The molecular weight excluding hydrogens is 264 g/mol. The summed E-state index contributed by atoms with van der Waals surface area (Å²) in [7, 11) is 0. The number of benzene rings is 1. The average molecular weight is 284 g/mol. The van der Waals surface area contributed by atoms with Crippen molar-refractivity contribution >= 4 is 0 Å². The van der Waals surface area contributed by atoms with Crippen molar-refractivity contribution in [2.24, 2.45) is 5.73 Å². The van der Waals surface area contributed by atoms with E-state index in [1.807, 2.05) is 37.3 Å². The Morgan fingerprint density at radius 1 is 1.29 bits per heavy atom. The van der Waals surface area contributed by atoms with Crippen LogP contribution in [-0.2, 0) is 19.4 Å². The topological polar surface area (TPSA) is 57.2 Å². The Balaban J connectivity index is 2.28. The molecule has 2 N–H and O–H groups in total. The number of hydrogen-bond donors (Lipinski definition) is 1. The molecule has 0 unspecified atom stereocenters. The highest BCUT2D eigenvalue weighted by atomic mass is 16.5. The molecule has 4 nitrogen and oxygen atoms in total. The van der Waals surface area contributed by atoms with Crippen LogP contribution in [0.25, 0.3) is 5.69 Å². The number of aryl methyl sites for hydroxylation is 1. The largest absolute Gasteiger partial charge is 0.492 e. The van der Waals surface area contributed by atoms with Crippen LogP contribution in [0, 0.1) is 0 Å². The highest BCUT2D eigenvalue weighted by Crippen LogP contribution is 2.28. The fourth-order valence-electron chi connectivity index (χ4n) is 3.02. The molecule has 0 fully saturated rings.